The van der Waals surface area contributed by atoms with Crippen molar-refractivity contribution in [2.45, 2.75) is 19.9 Å². The molecule has 128 valence electrons. The number of carbonyl (C=O) groups is 1. The van der Waals surface area contributed by atoms with Gasteiger partial charge in [-0.05, 0) is 49.7 Å². The SMILES string of the molecule is CCOc1ccc(C(=O)NC(C)c2ccc(F)c(F)c2)cc1OC. The van der Waals surface area contributed by atoms with Crippen molar-refractivity contribution in [2.24, 2.45) is 0 Å². The van der Waals surface area contributed by atoms with Gasteiger partial charge in [0, 0.05) is 5.56 Å². The lowest BCUT2D eigenvalue weighted by atomic mass is 10.1. The van der Waals surface area contributed by atoms with Crippen LogP contribution in [0, 0.1) is 11.6 Å². The van der Waals surface area contributed by atoms with Gasteiger partial charge in [0.1, 0.15) is 0 Å². The van der Waals surface area contributed by atoms with Crippen molar-refractivity contribution in [3.8, 4) is 11.5 Å². The van der Waals surface area contributed by atoms with Gasteiger partial charge in [0.15, 0.2) is 23.1 Å². The van der Waals surface area contributed by atoms with Crippen molar-refractivity contribution < 1.29 is 23.0 Å². The highest BCUT2D eigenvalue weighted by Gasteiger charge is 2.15. The van der Waals surface area contributed by atoms with Crippen molar-refractivity contribution in [3.63, 3.8) is 0 Å². The first-order valence-electron chi connectivity index (χ1n) is 7.53. The van der Waals surface area contributed by atoms with Gasteiger partial charge in [0.25, 0.3) is 5.91 Å². The zero-order valence-corrected chi connectivity index (χ0v) is 13.7. The van der Waals surface area contributed by atoms with Gasteiger partial charge >= 0.3 is 0 Å². The molecule has 2 rings (SSSR count). The molecule has 4 nitrogen and oxygen atoms in total. The van der Waals surface area contributed by atoms with Crippen molar-refractivity contribution in [1.82, 2.24) is 5.32 Å². The largest absolute Gasteiger partial charge is 0.493 e. The van der Waals surface area contributed by atoms with Crippen LogP contribution in [0.2, 0.25) is 0 Å². The molecule has 1 amide bonds. The number of hydrogen-bond acceptors (Lipinski definition) is 3. The molecule has 0 aliphatic heterocycles. The predicted octanol–water partition coefficient (Wildman–Crippen LogP) is 3.86. The Bertz CT molecular complexity index is 734. The quantitative estimate of drug-likeness (QED) is 0.872. The highest BCUT2D eigenvalue weighted by atomic mass is 19.2. The number of halogens is 2. The molecule has 6 heteroatoms. The third-order valence-electron chi connectivity index (χ3n) is 3.52. The van der Waals surface area contributed by atoms with Crippen LogP contribution in [0.5, 0.6) is 11.5 Å². The van der Waals surface area contributed by atoms with E-state index in [4.69, 9.17) is 9.47 Å². The second-order valence-corrected chi connectivity index (χ2v) is 5.17. The number of carbonyl (C=O) groups excluding carboxylic acids is 1. The van der Waals surface area contributed by atoms with E-state index in [-0.39, 0.29) is 5.91 Å². The lowest BCUT2D eigenvalue weighted by molar-refractivity contribution is 0.0939. The van der Waals surface area contributed by atoms with Crippen molar-refractivity contribution in [3.05, 3.63) is 59.2 Å². The third-order valence-corrected chi connectivity index (χ3v) is 3.52. The van der Waals surface area contributed by atoms with Gasteiger partial charge in [-0.1, -0.05) is 6.07 Å². The fourth-order valence-corrected chi connectivity index (χ4v) is 2.23. The fourth-order valence-electron chi connectivity index (χ4n) is 2.23. The van der Waals surface area contributed by atoms with Crippen LogP contribution in [-0.2, 0) is 0 Å². The van der Waals surface area contributed by atoms with Gasteiger partial charge in [-0.2, -0.15) is 0 Å². The number of nitrogens with one attached hydrogen (secondary N) is 1. The molecule has 0 radical (unpaired) electrons. The molecule has 0 aliphatic carbocycles. The Morgan fingerprint density at radius 1 is 1.12 bits per heavy atom. The molecule has 2 aromatic carbocycles. The van der Waals surface area contributed by atoms with Crippen molar-refractivity contribution >= 4 is 5.91 Å². The molecule has 0 heterocycles. The molecule has 1 unspecified atom stereocenters. The molecular formula is C18H19F2NO3. The van der Waals surface area contributed by atoms with Crippen LogP contribution in [0.4, 0.5) is 8.78 Å². The Morgan fingerprint density at radius 3 is 2.50 bits per heavy atom. The summed E-state index contributed by atoms with van der Waals surface area (Å²) in [5, 5.41) is 2.74. The average molecular weight is 335 g/mol. The van der Waals surface area contributed by atoms with E-state index >= 15 is 0 Å². The molecule has 0 saturated carbocycles. The maximum absolute atomic E-state index is 13.3. The second kappa shape index (κ2) is 7.77. The Balaban J connectivity index is 2.15. The van der Waals surface area contributed by atoms with E-state index in [1.54, 1.807) is 25.1 Å². The van der Waals surface area contributed by atoms with Gasteiger partial charge in [0.2, 0.25) is 0 Å². The summed E-state index contributed by atoms with van der Waals surface area (Å²) in [6.45, 7) is 4.02. The fraction of sp³-hybridized carbons (Fsp3) is 0.278. The summed E-state index contributed by atoms with van der Waals surface area (Å²) in [5.74, 6) is -1.23. The number of ether oxygens (including phenoxy) is 2. The summed E-state index contributed by atoms with van der Waals surface area (Å²) in [6, 6.07) is 7.89. The van der Waals surface area contributed by atoms with Gasteiger partial charge < -0.3 is 14.8 Å². The molecule has 0 aliphatic rings. The first-order chi connectivity index (χ1) is 11.5. The van der Waals surface area contributed by atoms with E-state index < -0.39 is 17.7 Å². The maximum Gasteiger partial charge on any atom is 0.251 e. The monoisotopic (exact) mass is 335 g/mol. The van der Waals surface area contributed by atoms with Crippen LogP contribution in [0.1, 0.15) is 35.8 Å². The maximum atomic E-state index is 13.3. The number of rotatable bonds is 6. The Hall–Kier alpha value is -2.63. The van der Waals surface area contributed by atoms with E-state index in [0.29, 0.717) is 29.2 Å². The summed E-state index contributed by atoms with van der Waals surface area (Å²) in [7, 11) is 1.49. The number of amides is 1. The molecular weight excluding hydrogens is 316 g/mol. The summed E-state index contributed by atoms with van der Waals surface area (Å²) in [4.78, 5) is 12.3. The average Bonchev–Trinajstić information content (AvgIpc) is 2.57. The van der Waals surface area contributed by atoms with Gasteiger partial charge in [-0.25, -0.2) is 8.78 Å². The van der Waals surface area contributed by atoms with Crippen LogP contribution >= 0.6 is 0 Å². The highest BCUT2D eigenvalue weighted by molar-refractivity contribution is 5.95. The highest BCUT2D eigenvalue weighted by Crippen LogP contribution is 2.28. The van der Waals surface area contributed by atoms with E-state index in [1.165, 1.54) is 13.2 Å². The van der Waals surface area contributed by atoms with E-state index in [1.807, 2.05) is 6.92 Å². The standard InChI is InChI=1S/C18H19F2NO3/c1-4-24-16-8-6-13(10-17(16)23-3)18(22)21-11(2)12-5-7-14(19)15(20)9-12/h5-11H,4H2,1-3H3,(H,21,22). The van der Waals surface area contributed by atoms with Crippen LogP contribution in [0.25, 0.3) is 0 Å². The first-order valence-corrected chi connectivity index (χ1v) is 7.53. The molecule has 24 heavy (non-hydrogen) atoms. The number of hydrogen-bond donors (Lipinski definition) is 1. The Labute approximate surface area is 139 Å². The van der Waals surface area contributed by atoms with E-state index in [9.17, 15) is 13.6 Å². The van der Waals surface area contributed by atoms with E-state index in [0.717, 1.165) is 12.1 Å². The molecule has 0 saturated heterocycles. The smallest absolute Gasteiger partial charge is 0.251 e. The molecule has 0 fully saturated rings. The van der Waals surface area contributed by atoms with Crippen LogP contribution < -0.4 is 14.8 Å². The lowest BCUT2D eigenvalue weighted by Gasteiger charge is -2.16. The van der Waals surface area contributed by atoms with Crippen LogP contribution in [0.3, 0.4) is 0 Å². The van der Waals surface area contributed by atoms with Crippen molar-refractivity contribution in [2.75, 3.05) is 13.7 Å². The van der Waals surface area contributed by atoms with Gasteiger partial charge in [-0.3, -0.25) is 4.79 Å². The summed E-state index contributed by atoms with van der Waals surface area (Å²) >= 11 is 0. The van der Waals surface area contributed by atoms with Crippen molar-refractivity contribution in [1.29, 1.82) is 0 Å². The number of methoxy groups -OCH3 is 1. The van der Waals surface area contributed by atoms with Gasteiger partial charge in [0.05, 0.1) is 19.8 Å². The molecule has 0 aromatic heterocycles. The first kappa shape index (κ1) is 17.7. The third kappa shape index (κ3) is 4.01. The lowest BCUT2D eigenvalue weighted by Crippen LogP contribution is -2.26. The molecule has 1 N–H and O–H groups in total. The number of benzene rings is 2. The zero-order valence-electron chi connectivity index (χ0n) is 13.7. The predicted molar refractivity (Wildman–Crippen MR) is 86.4 cm³/mol. The van der Waals surface area contributed by atoms with Crippen LogP contribution in [-0.4, -0.2) is 19.6 Å². The molecule has 0 bridgehead atoms. The topological polar surface area (TPSA) is 47.6 Å². The molecule has 0 spiro atoms. The normalized spacial score (nSPS) is 11.7. The second-order valence-electron chi connectivity index (χ2n) is 5.17. The molecule has 1 atom stereocenters. The Morgan fingerprint density at radius 2 is 1.88 bits per heavy atom. The summed E-state index contributed by atoms with van der Waals surface area (Å²) in [6.07, 6.45) is 0. The molecule has 2 aromatic rings. The minimum atomic E-state index is -0.948. The summed E-state index contributed by atoms with van der Waals surface area (Å²) in [5.41, 5.74) is 0.852. The Kier molecular flexibility index (Phi) is 5.73. The summed E-state index contributed by atoms with van der Waals surface area (Å²) < 4.78 is 36.9. The zero-order chi connectivity index (χ0) is 17.7. The minimum Gasteiger partial charge on any atom is -0.493 e. The minimum absolute atomic E-state index is 0.353. The van der Waals surface area contributed by atoms with E-state index in [2.05, 4.69) is 5.32 Å². The van der Waals surface area contributed by atoms with Crippen LogP contribution in [0.15, 0.2) is 36.4 Å². The van der Waals surface area contributed by atoms with Gasteiger partial charge in [-0.15, -0.1) is 0 Å².